The summed E-state index contributed by atoms with van der Waals surface area (Å²) in [6.07, 6.45) is -0.324. The molecule has 1 amide bonds. The lowest BCUT2D eigenvalue weighted by molar-refractivity contribution is -0.139. The van der Waals surface area contributed by atoms with Gasteiger partial charge in [0.1, 0.15) is 0 Å². The Morgan fingerprint density at radius 3 is 2.35 bits per heavy atom. The molecule has 6 N–H and O–H groups in total. The molecule has 1 rings (SSSR count). The smallest absolute Gasteiger partial charge is 0.475 e. The van der Waals surface area contributed by atoms with E-state index in [9.17, 15) is 19.6 Å². The molecule has 7 nitrogen and oxygen atoms in total. The first kappa shape index (κ1) is 16.2. The van der Waals surface area contributed by atoms with Crippen LogP contribution in [0.15, 0.2) is 30.3 Å². The summed E-state index contributed by atoms with van der Waals surface area (Å²) in [5.41, 5.74) is 6.21. The van der Waals surface area contributed by atoms with Crippen LogP contribution in [-0.2, 0) is 16.0 Å². The Balaban J connectivity index is 2.63. The number of aliphatic carboxylic acids is 1. The molecule has 0 aliphatic rings. The van der Waals surface area contributed by atoms with Gasteiger partial charge >= 0.3 is 13.1 Å². The third-order valence-electron chi connectivity index (χ3n) is 2.72. The molecule has 0 radical (unpaired) electrons. The highest BCUT2D eigenvalue weighted by Crippen LogP contribution is 2.04. The molecular weight excluding hydrogens is 263 g/mol. The van der Waals surface area contributed by atoms with Crippen molar-refractivity contribution in [3.8, 4) is 0 Å². The number of carbonyl (C=O) groups is 2. The second-order valence-electron chi connectivity index (χ2n) is 4.42. The quantitative estimate of drug-likeness (QED) is 0.387. The van der Waals surface area contributed by atoms with E-state index in [0.717, 1.165) is 5.56 Å². The van der Waals surface area contributed by atoms with E-state index in [0.29, 0.717) is 0 Å². The van der Waals surface area contributed by atoms with Crippen LogP contribution in [0.3, 0.4) is 0 Å². The SMILES string of the molecule is N[C@@H](CC(=O)O)C(=O)N[C@@H](Cc1ccccc1)B(O)O. The number of hydrogen-bond acceptors (Lipinski definition) is 5. The minimum atomic E-state index is -1.77. The van der Waals surface area contributed by atoms with E-state index in [2.05, 4.69) is 5.32 Å². The molecule has 0 fully saturated rings. The largest absolute Gasteiger partial charge is 0.481 e. The minimum Gasteiger partial charge on any atom is -0.481 e. The van der Waals surface area contributed by atoms with Gasteiger partial charge in [0.05, 0.1) is 18.4 Å². The third-order valence-corrected chi connectivity index (χ3v) is 2.72. The molecule has 0 aliphatic carbocycles. The van der Waals surface area contributed by atoms with Gasteiger partial charge < -0.3 is 26.2 Å². The fraction of sp³-hybridized carbons (Fsp3) is 0.333. The molecule has 1 aromatic rings. The normalized spacial score (nSPS) is 13.3. The Bertz CT molecular complexity index is 454. The maximum absolute atomic E-state index is 11.7. The molecule has 108 valence electrons. The number of nitrogens with one attached hydrogen (secondary N) is 1. The van der Waals surface area contributed by atoms with Gasteiger partial charge in [-0.1, -0.05) is 30.3 Å². The Kier molecular flexibility index (Phi) is 6.17. The van der Waals surface area contributed by atoms with Crippen molar-refractivity contribution in [2.45, 2.75) is 24.8 Å². The molecule has 20 heavy (non-hydrogen) atoms. The van der Waals surface area contributed by atoms with Crippen molar-refractivity contribution in [3.05, 3.63) is 35.9 Å². The van der Waals surface area contributed by atoms with E-state index < -0.39 is 37.4 Å². The summed E-state index contributed by atoms with van der Waals surface area (Å²) >= 11 is 0. The van der Waals surface area contributed by atoms with E-state index in [1.54, 1.807) is 24.3 Å². The maximum Gasteiger partial charge on any atom is 0.475 e. The lowest BCUT2D eigenvalue weighted by Crippen LogP contribution is -2.53. The first-order chi connectivity index (χ1) is 9.40. The van der Waals surface area contributed by atoms with E-state index in [4.69, 9.17) is 10.8 Å². The summed E-state index contributed by atoms with van der Waals surface area (Å²) in [6.45, 7) is 0. The number of carboxylic acids is 1. The van der Waals surface area contributed by atoms with Crippen molar-refractivity contribution in [1.29, 1.82) is 0 Å². The van der Waals surface area contributed by atoms with E-state index in [1.807, 2.05) is 6.07 Å². The molecule has 0 saturated carbocycles. The summed E-state index contributed by atoms with van der Waals surface area (Å²) in [6, 6.07) is 7.71. The Morgan fingerprint density at radius 1 is 1.25 bits per heavy atom. The third kappa shape index (κ3) is 5.39. The van der Waals surface area contributed by atoms with Crippen molar-refractivity contribution in [3.63, 3.8) is 0 Å². The highest BCUT2D eigenvalue weighted by Gasteiger charge is 2.28. The predicted octanol–water partition coefficient (Wildman–Crippen LogP) is -1.47. The first-order valence-corrected chi connectivity index (χ1v) is 6.08. The van der Waals surface area contributed by atoms with Crippen LogP contribution in [0.4, 0.5) is 0 Å². The Labute approximate surface area is 116 Å². The topological polar surface area (TPSA) is 133 Å². The second kappa shape index (κ2) is 7.64. The molecule has 2 atom stereocenters. The number of benzene rings is 1. The number of nitrogens with two attached hydrogens (primary N) is 1. The fourth-order valence-corrected chi connectivity index (χ4v) is 1.67. The van der Waals surface area contributed by atoms with Gasteiger partial charge in [-0.2, -0.15) is 0 Å². The van der Waals surface area contributed by atoms with Gasteiger partial charge in [-0.15, -0.1) is 0 Å². The lowest BCUT2D eigenvalue weighted by atomic mass is 9.75. The summed E-state index contributed by atoms with van der Waals surface area (Å²) in [7, 11) is -1.77. The van der Waals surface area contributed by atoms with Crippen molar-refractivity contribution < 1.29 is 24.7 Å². The summed E-state index contributed by atoms with van der Waals surface area (Å²) in [5.74, 6) is -2.89. The summed E-state index contributed by atoms with van der Waals surface area (Å²) in [5, 5.41) is 29.4. The van der Waals surface area contributed by atoms with Gasteiger partial charge in [-0.05, 0) is 12.0 Å². The van der Waals surface area contributed by atoms with Gasteiger partial charge in [0.15, 0.2) is 0 Å². The number of hydrogen-bond donors (Lipinski definition) is 5. The standard InChI is InChI=1S/C12H17BN2O5/c14-9(7-11(16)17)12(18)15-10(13(19)20)6-8-4-2-1-3-5-8/h1-5,9-10,19-20H,6-7,14H2,(H,15,18)(H,16,17)/t9-,10-/m0/s1. The number of amides is 1. The fourth-order valence-electron chi connectivity index (χ4n) is 1.67. The zero-order valence-electron chi connectivity index (χ0n) is 10.8. The van der Waals surface area contributed by atoms with Gasteiger partial charge in [0, 0.05) is 0 Å². The Morgan fingerprint density at radius 2 is 1.85 bits per heavy atom. The highest BCUT2D eigenvalue weighted by molar-refractivity contribution is 6.43. The second-order valence-corrected chi connectivity index (χ2v) is 4.42. The minimum absolute atomic E-state index is 0.198. The van der Waals surface area contributed by atoms with E-state index in [-0.39, 0.29) is 6.42 Å². The van der Waals surface area contributed by atoms with Crippen molar-refractivity contribution >= 4 is 19.0 Å². The van der Waals surface area contributed by atoms with E-state index in [1.165, 1.54) is 0 Å². The summed E-state index contributed by atoms with van der Waals surface area (Å²) in [4.78, 5) is 22.1. The Hall–Kier alpha value is -1.90. The molecule has 0 aliphatic heterocycles. The van der Waals surface area contributed by atoms with Gasteiger partial charge in [-0.3, -0.25) is 9.59 Å². The first-order valence-electron chi connectivity index (χ1n) is 6.08. The highest BCUT2D eigenvalue weighted by atomic mass is 16.4. The van der Waals surface area contributed by atoms with Gasteiger partial charge in [0.2, 0.25) is 5.91 Å². The van der Waals surface area contributed by atoms with Crippen LogP contribution in [0.25, 0.3) is 0 Å². The van der Waals surface area contributed by atoms with Crippen molar-refractivity contribution in [1.82, 2.24) is 5.32 Å². The van der Waals surface area contributed by atoms with Gasteiger partial charge in [-0.25, -0.2) is 0 Å². The zero-order chi connectivity index (χ0) is 15.1. The molecule has 8 heteroatoms. The van der Waals surface area contributed by atoms with Crippen molar-refractivity contribution in [2.75, 3.05) is 0 Å². The lowest BCUT2D eigenvalue weighted by Gasteiger charge is -2.19. The van der Waals surface area contributed by atoms with Crippen molar-refractivity contribution in [2.24, 2.45) is 5.73 Å². The van der Waals surface area contributed by atoms with Gasteiger partial charge in [0.25, 0.3) is 0 Å². The molecule has 0 aromatic heterocycles. The number of carbonyl (C=O) groups excluding carboxylic acids is 1. The molecule has 0 bridgehead atoms. The van der Waals surface area contributed by atoms with Crippen LogP contribution in [0.5, 0.6) is 0 Å². The predicted molar refractivity (Wildman–Crippen MR) is 72.5 cm³/mol. The average molecular weight is 280 g/mol. The summed E-state index contributed by atoms with van der Waals surface area (Å²) < 4.78 is 0. The zero-order valence-corrected chi connectivity index (χ0v) is 10.8. The molecule has 0 heterocycles. The van der Waals surface area contributed by atoms with Crippen LogP contribution < -0.4 is 11.1 Å². The molecule has 0 unspecified atom stereocenters. The van der Waals surface area contributed by atoms with E-state index >= 15 is 0 Å². The molecule has 1 aromatic carbocycles. The molecule has 0 spiro atoms. The number of rotatable bonds is 7. The average Bonchev–Trinajstić information content (AvgIpc) is 2.38. The van der Waals surface area contributed by atoms with Crippen LogP contribution in [0, 0.1) is 0 Å². The maximum atomic E-state index is 11.7. The van der Waals surface area contributed by atoms with Crippen LogP contribution in [0.2, 0.25) is 0 Å². The number of carboxylic acid groups (broad SMARTS) is 1. The monoisotopic (exact) mass is 280 g/mol. The van der Waals surface area contributed by atoms with Crippen LogP contribution in [0.1, 0.15) is 12.0 Å². The van der Waals surface area contributed by atoms with Crippen LogP contribution >= 0.6 is 0 Å². The molecular formula is C12H17BN2O5. The molecule has 0 saturated heterocycles. The van der Waals surface area contributed by atoms with Crippen LogP contribution in [-0.4, -0.2) is 46.1 Å².